The highest BCUT2D eigenvalue weighted by molar-refractivity contribution is 7.12. The third-order valence-electron chi connectivity index (χ3n) is 4.94. The molecule has 1 aromatic carbocycles. The van der Waals surface area contributed by atoms with Gasteiger partial charge in [0.1, 0.15) is 0 Å². The molecule has 27 heavy (non-hydrogen) atoms. The van der Waals surface area contributed by atoms with Gasteiger partial charge in [-0.1, -0.05) is 18.9 Å². The Morgan fingerprint density at radius 1 is 1.22 bits per heavy atom. The van der Waals surface area contributed by atoms with Crippen molar-refractivity contribution in [3.63, 3.8) is 0 Å². The highest BCUT2D eigenvalue weighted by atomic mass is 32.1. The molecular weight excluding hydrogens is 360 g/mol. The summed E-state index contributed by atoms with van der Waals surface area (Å²) in [6.45, 7) is 3.99. The van der Waals surface area contributed by atoms with Gasteiger partial charge in [0.25, 0.3) is 5.91 Å². The van der Waals surface area contributed by atoms with Crippen LogP contribution < -0.4 is 15.2 Å². The Hall–Kier alpha value is -2.05. The van der Waals surface area contributed by atoms with Crippen LogP contribution >= 0.6 is 11.3 Å². The first-order valence-corrected chi connectivity index (χ1v) is 10.3. The van der Waals surface area contributed by atoms with Gasteiger partial charge in [0.05, 0.1) is 7.11 Å². The van der Waals surface area contributed by atoms with Crippen LogP contribution in [0.2, 0.25) is 0 Å². The molecule has 1 aliphatic rings. The molecule has 1 unspecified atom stereocenters. The van der Waals surface area contributed by atoms with Crippen LogP contribution in [0.15, 0.2) is 30.3 Å². The fourth-order valence-electron chi connectivity index (χ4n) is 3.62. The van der Waals surface area contributed by atoms with Crippen LogP contribution in [0.4, 0.5) is 0 Å². The Morgan fingerprint density at radius 3 is 2.78 bits per heavy atom. The smallest absolute Gasteiger partial charge is 0.255 e. The molecule has 0 bridgehead atoms. The normalized spacial score (nSPS) is 18.1. The lowest BCUT2D eigenvalue weighted by atomic mass is 10.1. The number of nitrogens with zero attached hydrogens (tertiary/aromatic N) is 1. The maximum atomic E-state index is 11.0. The average Bonchev–Trinajstić information content (AvgIpc) is 2.95. The van der Waals surface area contributed by atoms with Crippen molar-refractivity contribution in [3.05, 3.63) is 45.6 Å². The summed E-state index contributed by atoms with van der Waals surface area (Å²) < 4.78 is 10.9. The number of rotatable bonds is 7. The SMILES string of the molecule is COc1cc(CN2CCCCCC2c2ccc(C)s2)ccc1OCC(N)=O. The van der Waals surface area contributed by atoms with Gasteiger partial charge in [0, 0.05) is 22.3 Å². The average molecular weight is 389 g/mol. The standard InChI is InChI=1S/C21H28N2O3S/c1-15-7-10-20(27-15)17-6-4-3-5-11-23(17)13-16-8-9-18(19(12-16)25-2)26-14-21(22)24/h7-10,12,17H,3-6,11,13-14H2,1-2H3,(H2,22,24). The van der Waals surface area contributed by atoms with Gasteiger partial charge < -0.3 is 15.2 Å². The van der Waals surface area contributed by atoms with Crippen LogP contribution in [0, 0.1) is 6.92 Å². The van der Waals surface area contributed by atoms with Crippen molar-refractivity contribution in [1.82, 2.24) is 4.90 Å². The molecule has 1 aliphatic heterocycles. The van der Waals surface area contributed by atoms with Crippen molar-refractivity contribution in [2.45, 2.75) is 45.2 Å². The lowest BCUT2D eigenvalue weighted by Crippen LogP contribution is -2.27. The van der Waals surface area contributed by atoms with E-state index in [2.05, 4.69) is 24.0 Å². The van der Waals surface area contributed by atoms with Crippen LogP contribution in [0.1, 0.15) is 47.0 Å². The summed E-state index contributed by atoms with van der Waals surface area (Å²) in [5, 5.41) is 0. The lowest BCUT2D eigenvalue weighted by molar-refractivity contribution is -0.119. The van der Waals surface area contributed by atoms with E-state index in [4.69, 9.17) is 15.2 Å². The molecule has 1 fully saturated rings. The molecule has 1 amide bonds. The van der Waals surface area contributed by atoms with Crippen LogP contribution in [0.5, 0.6) is 11.5 Å². The van der Waals surface area contributed by atoms with Crippen molar-refractivity contribution >= 4 is 17.2 Å². The third-order valence-corrected chi connectivity index (χ3v) is 6.04. The highest BCUT2D eigenvalue weighted by Gasteiger charge is 2.24. The second-order valence-corrected chi connectivity index (χ2v) is 8.34. The number of amides is 1. The number of thiophene rings is 1. The molecule has 1 atom stereocenters. The Labute approximate surface area is 165 Å². The summed E-state index contributed by atoms with van der Waals surface area (Å²) in [6.07, 6.45) is 5.01. The first-order valence-electron chi connectivity index (χ1n) is 9.45. The number of hydrogen-bond donors (Lipinski definition) is 1. The van der Waals surface area contributed by atoms with Crippen molar-refractivity contribution in [2.24, 2.45) is 5.73 Å². The first kappa shape index (κ1) is 19.7. The van der Waals surface area contributed by atoms with Gasteiger partial charge in [-0.3, -0.25) is 9.69 Å². The predicted molar refractivity (Wildman–Crippen MR) is 108 cm³/mol. The maximum absolute atomic E-state index is 11.0. The van der Waals surface area contributed by atoms with E-state index in [1.54, 1.807) is 7.11 Å². The third kappa shape index (κ3) is 5.23. The van der Waals surface area contributed by atoms with Crippen molar-refractivity contribution in [3.8, 4) is 11.5 Å². The van der Waals surface area contributed by atoms with E-state index in [1.807, 2.05) is 29.5 Å². The van der Waals surface area contributed by atoms with E-state index in [9.17, 15) is 4.79 Å². The van der Waals surface area contributed by atoms with E-state index in [0.717, 1.165) is 13.1 Å². The molecule has 2 N–H and O–H groups in total. The molecule has 0 spiro atoms. The number of likely N-dealkylation sites (tertiary alicyclic amines) is 1. The fraction of sp³-hybridized carbons (Fsp3) is 0.476. The number of nitrogens with two attached hydrogens (primary N) is 1. The van der Waals surface area contributed by atoms with Gasteiger partial charge in [-0.15, -0.1) is 11.3 Å². The number of primary amides is 1. The molecule has 2 aromatic rings. The van der Waals surface area contributed by atoms with E-state index in [0.29, 0.717) is 17.5 Å². The largest absolute Gasteiger partial charge is 0.493 e. The minimum absolute atomic E-state index is 0.151. The quantitative estimate of drug-likeness (QED) is 0.777. The predicted octanol–water partition coefficient (Wildman–Crippen LogP) is 4.05. The van der Waals surface area contributed by atoms with Crippen LogP contribution in [-0.4, -0.2) is 31.1 Å². The summed E-state index contributed by atoms with van der Waals surface area (Å²) >= 11 is 1.91. The first-order chi connectivity index (χ1) is 13.1. The minimum Gasteiger partial charge on any atom is -0.493 e. The fourth-order valence-corrected chi connectivity index (χ4v) is 4.67. The number of hydrogen-bond acceptors (Lipinski definition) is 5. The summed E-state index contributed by atoms with van der Waals surface area (Å²) in [4.78, 5) is 16.4. The summed E-state index contributed by atoms with van der Waals surface area (Å²) in [7, 11) is 1.61. The number of ether oxygens (including phenoxy) is 2. The molecule has 0 aliphatic carbocycles. The Bertz CT molecular complexity index is 775. The zero-order chi connectivity index (χ0) is 19.2. The molecule has 1 saturated heterocycles. The van der Waals surface area contributed by atoms with Gasteiger partial charge >= 0.3 is 0 Å². The zero-order valence-corrected chi connectivity index (χ0v) is 16.9. The van der Waals surface area contributed by atoms with Crippen LogP contribution in [0.25, 0.3) is 0 Å². The number of carbonyl (C=O) groups is 1. The number of methoxy groups -OCH3 is 1. The Morgan fingerprint density at radius 2 is 2.07 bits per heavy atom. The van der Waals surface area contributed by atoms with Gasteiger partial charge in [0.2, 0.25) is 0 Å². The Balaban J connectivity index is 1.77. The van der Waals surface area contributed by atoms with Crippen LogP contribution in [0.3, 0.4) is 0 Å². The highest BCUT2D eigenvalue weighted by Crippen LogP contribution is 2.36. The molecule has 6 heteroatoms. The molecule has 146 valence electrons. The summed E-state index contributed by atoms with van der Waals surface area (Å²) in [6, 6.07) is 10.9. The second kappa shape index (κ2) is 9.24. The molecule has 0 radical (unpaired) electrons. The maximum Gasteiger partial charge on any atom is 0.255 e. The topological polar surface area (TPSA) is 64.8 Å². The van der Waals surface area contributed by atoms with Gasteiger partial charge in [-0.05, 0) is 56.1 Å². The second-order valence-electron chi connectivity index (χ2n) is 7.02. The van der Waals surface area contributed by atoms with Gasteiger partial charge in [-0.2, -0.15) is 0 Å². The summed E-state index contributed by atoms with van der Waals surface area (Å²) in [5.41, 5.74) is 6.34. The van der Waals surface area contributed by atoms with E-state index in [-0.39, 0.29) is 6.61 Å². The zero-order valence-electron chi connectivity index (χ0n) is 16.1. The summed E-state index contributed by atoms with van der Waals surface area (Å²) in [5.74, 6) is 0.674. The van der Waals surface area contributed by atoms with E-state index in [1.165, 1.54) is 41.0 Å². The van der Waals surface area contributed by atoms with E-state index >= 15 is 0 Å². The van der Waals surface area contributed by atoms with Crippen molar-refractivity contribution in [2.75, 3.05) is 20.3 Å². The molecule has 2 heterocycles. The van der Waals surface area contributed by atoms with Crippen LogP contribution in [-0.2, 0) is 11.3 Å². The minimum atomic E-state index is -0.500. The number of carbonyl (C=O) groups excluding carboxylic acids is 1. The lowest BCUT2D eigenvalue weighted by Gasteiger charge is -2.29. The molecule has 3 rings (SSSR count). The van der Waals surface area contributed by atoms with Gasteiger partial charge in [0.15, 0.2) is 18.1 Å². The monoisotopic (exact) mass is 388 g/mol. The van der Waals surface area contributed by atoms with Crippen molar-refractivity contribution < 1.29 is 14.3 Å². The number of benzene rings is 1. The molecular formula is C21H28N2O3S. The number of aryl methyl sites for hydroxylation is 1. The molecule has 5 nitrogen and oxygen atoms in total. The van der Waals surface area contributed by atoms with E-state index < -0.39 is 5.91 Å². The Kier molecular flexibility index (Phi) is 6.74. The molecule has 1 aromatic heterocycles. The van der Waals surface area contributed by atoms with Gasteiger partial charge in [-0.25, -0.2) is 0 Å². The van der Waals surface area contributed by atoms with Crippen molar-refractivity contribution in [1.29, 1.82) is 0 Å². The molecule has 0 saturated carbocycles.